The number of carbonyl (C=O) groups excluding carboxylic acids is 1. The summed E-state index contributed by atoms with van der Waals surface area (Å²) in [5.41, 5.74) is 2.22. The van der Waals surface area contributed by atoms with Crippen LogP contribution in [0.4, 0.5) is 0 Å². The van der Waals surface area contributed by atoms with Gasteiger partial charge in [0.05, 0.1) is 0 Å². The summed E-state index contributed by atoms with van der Waals surface area (Å²) < 4.78 is 1.01. The van der Waals surface area contributed by atoms with Crippen LogP contribution in [0.25, 0.3) is 0 Å². The summed E-state index contributed by atoms with van der Waals surface area (Å²) in [6, 6.07) is 6.10. The fourth-order valence-corrected chi connectivity index (χ4v) is 3.01. The lowest BCUT2D eigenvalue weighted by molar-refractivity contribution is 0.0655. The normalized spacial score (nSPS) is 22.2. The van der Waals surface area contributed by atoms with Crippen molar-refractivity contribution in [1.29, 1.82) is 0 Å². The standard InChI is InChI=1S/C12H11BrO/c13-9-3-2-8-7-12(4-1-5-12)11(14)10(8)6-9/h2-3,6H,1,4-5,7H2. The number of hydrogen-bond acceptors (Lipinski definition) is 1. The Balaban J connectivity index is 2.11. The van der Waals surface area contributed by atoms with Crippen LogP contribution in [0.2, 0.25) is 0 Å². The van der Waals surface area contributed by atoms with Crippen LogP contribution in [0.15, 0.2) is 22.7 Å². The molecule has 0 heterocycles. The van der Waals surface area contributed by atoms with Crippen LogP contribution in [-0.4, -0.2) is 5.78 Å². The van der Waals surface area contributed by atoms with Gasteiger partial charge in [-0.2, -0.15) is 0 Å². The zero-order valence-corrected chi connectivity index (χ0v) is 9.43. The van der Waals surface area contributed by atoms with Gasteiger partial charge < -0.3 is 0 Å². The summed E-state index contributed by atoms with van der Waals surface area (Å²) in [6.07, 6.45) is 4.39. The molecule has 1 saturated carbocycles. The highest BCUT2D eigenvalue weighted by Gasteiger charge is 2.49. The Bertz CT molecular complexity index is 418. The molecule has 72 valence electrons. The van der Waals surface area contributed by atoms with Crippen LogP contribution in [0.3, 0.4) is 0 Å². The van der Waals surface area contributed by atoms with Crippen molar-refractivity contribution < 1.29 is 4.79 Å². The highest BCUT2D eigenvalue weighted by atomic mass is 79.9. The molecule has 0 saturated heterocycles. The van der Waals surface area contributed by atoms with E-state index >= 15 is 0 Å². The van der Waals surface area contributed by atoms with E-state index in [4.69, 9.17) is 0 Å². The maximum absolute atomic E-state index is 12.1. The fraction of sp³-hybridized carbons (Fsp3) is 0.417. The maximum Gasteiger partial charge on any atom is 0.169 e. The van der Waals surface area contributed by atoms with E-state index in [0.29, 0.717) is 5.78 Å². The number of benzene rings is 1. The lowest BCUT2D eigenvalue weighted by Gasteiger charge is -2.36. The second kappa shape index (κ2) is 2.69. The Labute approximate surface area is 91.6 Å². The van der Waals surface area contributed by atoms with Gasteiger partial charge in [-0.25, -0.2) is 0 Å². The average Bonchev–Trinajstić information content (AvgIpc) is 2.40. The first-order chi connectivity index (χ1) is 6.71. The molecule has 1 aromatic carbocycles. The Morgan fingerprint density at radius 1 is 1.29 bits per heavy atom. The van der Waals surface area contributed by atoms with E-state index < -0.39 is 0 Å². The molecular formula is C12H11BrO. The molecule has 2 heteroatoms. The molecule has 0 aromatic heterocycles. The summed E-state index contributed by atoms with van der Waals surface area (Å²) in [5, 5.41) is 0. The lowest BCUT2D eigenvalue weighted by Crippen LogP contribution is -2.35. The zero-order chi connectivity index (χ0) is 9.76. The first-order valence-corrected chi connectivity index (χ1v) is 5.84. The topological polar surface area (TPSA) is 17.1 Å². The van der Waals surface area contributed by atoms with Crippen LogP contribution in [0.1, 0.15) is 35.2 Å². The summed E-state index contributed by atoms with van der Waals surface area (Å²) in [7, 11) is 0. The fourth-order valence-electron chi connectivity index (χ4n) is 2.65. The van der Waals surface area contributed by atoms with Crippen LogP contribution in [0.5, 0.6) is 0 Å². The molecule has 2 aliphatic carbocycles. The van der Waals surface area contributed by atoms with E-state index in [2.05, 4.69) is 22.0 Å². The molecule has 0 atom stereocenters. The van der Waals surface area contributed by atoms with E-state index in [0.717, 1.165) is 29.3 Å². The first-order valence-electron chi connectivity index (χ1n) is 5.05. The van der Waals surface area contributed by atoms with E-state index in [1.54, 1.807) is 0 Å². The molecule has 0 N–H and O–H groups in total. The van der Waals surface area contributed by atoms with Crippen molar-refractivity contribution in [1.82, 2.24) is 0 Å². The number of Topliss-reactive ketones (excluding diaryl/α,β-unsaturated/α-hetero) is 1. The first kappa shape index (κ1) is 8.66. The third-order valence-corrected chi connectivity index (χ3v) is 4.13. The highest BCUT2D eigenvalue weighted by Crippen LogP contribution is 2.51. The van der Waals surface area contributed by atoms with Gasteiger partial charge in [0.2, 0.25) is 0 Å². The molecule has 3 rings (SSSR count). The van der Waals surface area contributed by atoms with E-state index in [1.807, 2.05) is 12.1 Å². The summed E-state index contributed by atoms with van der Waals surface area (Å²) >= 11 is 3.42. The van der Waals surface area contributed by atoms with Gasteiger partial charge in [-0.05, 0) is 37.0 Å². The van der Waals surface area contributed by atoms with Crippen LogP contribution in [0, 0.1) is 5.41 Å². The number of carbonyl (C=O) groups is 1. The Kier molecular flexibility index (Phi) is 1.67. The molecule has 0 radical (unpaired) electrons. The van der Waals surface area contributed by atoms with Crippen molar-refractivity contribution in [2.45, 2.75) is 25.7 Å². The number of rotatable bonds is 0. The summed E-state index contributed by atoms with van der Waals surface area (Å²) in [5.74, 6) is 0.389. The molecule has 2 aliphatic rings. The molecule has 14 heavy (non-hydrogen) atoms. The minimum absolute atomic E-state index is 0.0170. The third kappa shape index (κ3) is 0.977. The Morgan fingerprint density at radius 3 is 2.71 bits per heavy atom. The molecule has 0 bridgehead atoms. The van der Waals surface area contributed by atoms with E-state index in [1.165, 1.54) is 12.0 Å². The smallest absolute Gasteiger partial charge is 0.169 e. The monoisotopic (exact) mass is 250 g/mol. The largest absolute Gasteiger partial charge is 0.294 e. The molecule has 0 aliphatic heterocycles. The van der Waals surface area contributed by atoms with Gasteiger partial charge in [0.15, 0.2) is 5.78 Å². The van der Waals surface area contributed by atoms with Gasteiger partial charge in [-0.1, -0.05) is 28.4 Å². The van der Waals surface area contributed by atoms with Gasteiger partial charge >= 0.3 is 0 Å². The minimum atomic E-state index is 0.0170. The van der Waals surface area contributed by atoms with Gasteiger partial charge in [-0.3, -0.25) is 4.79 Å². The lowest BCUT2D eigenvalue weighted by atomic mass is 9.66. The number of ketones is 1. The number of fused-ring (bicyclic) bond motifs is 1. The van der Waals surface area contributed by atoms with Crippen LogP contribution >= 0.6 is 15.9 Å². The molecule has 1 spiro atoms. The minimum Gasteiger partial charge on any atom is -0.294 e. The molecular weight excluding hydrogens is 240 g/mol. The summed E-state index contributed by atoms with van der Waals surface area (Å²) in [4.78, 5) is 12.1. The van der Waals surface area contributed by atoms with Crippen LogP contribution in [-0.2, 0) is 6.42 Å². The number of hydrogen-bond donors (Lipinski definition) is 0. The quantitative estimate of drug-likeness (QED) is 0.691. The van der Waals surface area contributed by atoms with Crippen molar-refractivity contribution in [3.63, 3.8) is 0 Å². The average molecular weight is 251 g/mol. The van der Waals surface area contributed by atoms with Crippen molar-refractivity contribution in [2.75, 3.05) is 0 Å². The summed E-state index contributed by atoms with van der Waals surface area (Å²) in [6.45, 7) is 0. The Hall–Kier alpha value is -0.630. The van der Waals surface area contributed by atoms with E-state index in [9.17, 15) is 4.79 Å². The van der Waals surface area contributed by atoms with Crippen LogP contribution < -0.4 is 0 Å². The third-order valence-electron chi connectivity index (χ3n) is 3.64. The van der Waals surface area contributed by atoms with Gasteiger partial charge in [0.1, 0.15) is 0 Å². The number of halogens is 1. The van der Waals surface area contributed by atoms with Crippen molar-refractivity contribution in [2.24, 2.45) is 5.41 Å². The van der Waals surface area contributed by atoms with Crippen molar-refractivity contribution >= 4 is 21.7 Å². The second-order valence-electron chi connectivity index (χ2n) is 4.44. The van der Waals surface area contributed by atoms with Crippen molar-refractivity contribution in [3.8, 4) is 0 Å². The highest BCUT2D eigenvalue weighted by molar-refractivity contribution is 9.10. The van der Waals surface area contributed by atoms with Gasteiger partial charge in [0.25, 0.3) is 0 Å². The van der Waals surface area contributed by atoms with Gasteiger partial charge in [0, 0.05) is 15.5 Å². The maximum atomic E-state index is 12.1. The zero-order valence-electron chi connectivity index (χ0n) is 7.85. The second-order valence-corrected chi connectivity index (χ2v) is 5.36. The van der Waals surface area contributed by atoms with Gasteiger partial charge in [-0.15, -0.1) is 0 Å². The predicted octanol–water partition coefficient (Wildman–Crippen LogP) is 3.36. The molecule has 1 nitrogen and oxygen atoms in total. The Morgan fingerprint density at radius 2 is 2.07 bits per heavy atom. The van der Waals surface area contributed by atoms with Crippen molar-refractivity contribution in [3.05, 3.63) is 33.8 Å². The predicted molar refractivity (Wildman–Crippen MR) is 58.5 cm³/mol. The van der Waals surface area contributed by atoms with E-state index in [-0.39, 0.29) is 5.41 Å². The molecule has 0 amide bonds. The molecule has 0 unspecified atom stereocenters. The molecule has 1 aromatic rings. The molecule has 1 fully saturated rings. The SMILES string of the molecule is O=C1c2cc(Br)ccc2CC12CCC2.